The molecule has 0 radical (unpaired) electrons. The number of methoxy groups -OCH3 is 1. The SMILES string of the molecule is COc1cc(C)c2c(c(Br)cn2C(=O)OC(C)(C)C)c1CCl. The molecule has 4 nitrogen and oxygen atoms in total. The Labute approximate surface area is 143 Å². The van der Waals surface area contributed by atoms with Crippen molar-refractivity contribution in [3.05, 3.63) is 27.9 Å². The molecule has 0 aliphatic rings. The lowest BCUT2D eigenvalue weighted by molar-refractivity contribution is 0.0544. The second-order valence-corrected chi connectivity index (χ2v) is 7.18. The van der Waals surface area contributed by atoms with Gasteiger partial charge in [0.15, 0.2) is 0 Å². The summed E-state index contributed by atoms with van der Waals surface area (Å²) in [5.41, 5.74) is 1.98. The van der Waals surface area contributed by atoms with Crippen molar-refractivity contribution in [3.8, 4) is 5.75 Å². The fourth-order valence-electron chi connectivity index (χ4n) is 2.40. The number of alkyl halides is 1. The van der Waals surface area contributed by atoms with E-state index in [2.05, 4.69) is 15.9 Å². The maximum Gasteiger partial charge on any atom is 0.419 e. The highest BCUT2D eigenvalue weighted by atomic mass is 79.9. The second kappa shape index (κ2) is 6.13. The molecule has 0 spiro atoms. The monoisotopic (exact) mass is 387 g/mol. The number of halogens is 2. The van der Waals surface area contributed by atoms with Crippen molar-refractivity contribution >= 4 is 44.5 Å². The molecule has 120 valence electrons. The van der Waals surface area contributed by atoms with Gasteiger partial charge in [0.05, 0.1) is 18.5 Å². The molecule has 0 unspecified atom stereocenters. The lowest BCUT2D eigenvalue weighted by Gasteiger charge is -2.20. The van der Waals surface area contributed by atoms with Gasteiger partial charge in [-0.3, -0.25) is 4.57 Å². The van der Waals surface area contributed by atoms with Crippen LogP contribution in [0.4, 0.5) is 4.79 Å². The molecule has 6 heteroatoms. The van der Waals surface area contributed by atoms with Gasteiger partial charge in [-0.25, -0.2) is 4.79 Å². The minimum absolute atomic E-state index is 0.289. The van der Waals surface area contributed by atoms with Crippen LogP contribution < -0.4 is 4.74 Å². The molecule has 22 heavy (non-hydrogen) atoms. The Kier molecular flexibility index (Phi) is 4.78. The van der Waals surface area contributed by atoms with E-state index in [0.717, 1.165) is 26.5 Å². The zero-order valence-electron chi connectivity index (χ0n) is 13.3. The molecule has 2 rings (SSSR count). The predicted octanol–water partition coefficient (Wildman–Crippen LogP) is 5.24. The van der Waals surface area contributed by atoms with E-state index in [9.17, 15) is 4.79 Å². The van der Waals surface area contributed by atoms with Crippen LogP contribution in [0.1, 0.15) is 31.9 Å². The lowest BCUT2D eigenvalue weighted by Crippen LogP contribution is -2.26. The highest BCUT2D eigenvalue weighted by Crippen LogP contribution is 2.38. The Morgan fingerprint density at radius 2 is 2.05 bits per heavy atom. The molecule has 0 saturated carbocycles. The number of aromatic nitrogens is 1. The van der Waals surface area contributed by atoms with Gasteiger partial charge in [-0.1, -0.05) is 0 Å². The van der Waals surface area contributed by atoms with Gasteiger partial charge in [0.1, 0.15) is 11.4 Å². The van der Waals surface area contributed by atoms with Crippen molar-refractivity contribution in [2.24, 2.45) is 0 Å². The molecular formula is C16H19BrClNO3. The molecular weight excluding hydrogens is 370 g/mol. The standard InChI is InChI=1S/C16H19BrClNO3/c1-9-6-12(21-5)10(7-18)13-11(17)8-19(14(9)13)15(20)22-16(2,3)4/h6,8H,7H2,1-5H3. The van der Waals surface area contributed by atoms with Crippen molar-refractivity contribution in [2.45, 2.75) is 39.2 Å². The highest BCUT2D eigenvalue weighted by molar-refractivity contribution is 9.10. The number of rotatable bonds is 2. The molecule has 1 aromatic carbocycles. The van der Waals surface area contributed by atoms with Gasteiger partial charge in [0, 0.05) is 21.6 Å². The number of benzene rings is 1. The number of nitrogens with zero attached hydrogens (tertiary/aromatic N) is 1. The van der Waals surface area contributed by atoms with Crippen LogP contribution in [0.15, 0.2) is 16.7 Å². The number of carbonyl (C=O) groups excluding carboxylic acids is 1. The quantitative estimate of drug-likeness (QED) is 0.660. The van der Waals surface area contributed by atoms with E-state index >= 15 is 0 Å². The summed E-state index contributed by atoms with van der Waals surface area (Å²) >= 11 is 9.60. The largest absolute Gasteiger partial charge is 0.496 e. The smallest absolute Gasteiger partial charge is 0.419 e. The molecule has 0 saturated heterocycles. The van der Waals surface area contributed by atoms with E-state index in [4.69, 9.17) is 21.1 Å². The first-order chi connectivity index (χ1) is 10.2. The maximum absolute atomic E-state index is 12.4. The molecule has 1 aromatic heterocycles. The summed E-state index contributed by atoms with van der Waals surface area (Å²) in [6, 6.07) is 1.88. The first-order valence-electron chi connectivity index (χ1n) is 6.86. The summed E-state index contributed by atoms with van der Waals surface area (Å²) in [4.78, 5) is 12.4. The molecule has 2 aromatic rings. The zero-order valence-corrected chi connectivity index (χ0v) is 15.6. The van der Waals surface area contributed by atoms with Crippen LogP contribution in [-0.4, -0.2) is 23.4 Å². The number of aryl methyl sites for hydroxylation is 1. The molecule has 0 fully saturated rings. The Morgan fingerprint density at radius 1 is 1.41 bits per heavy atom. The van der Waals surface area contributed by atoms with E-state index in [0.29, 0.717) is 5.75 Å². The van der Waals surface area contributed by atoms with Crippen molar-refractivity contribution in [2.75, 3.05) is 7.11 Å². The van der Waals surface area contributed by atoms with Crippen LogP contribution in [0.3, 0.4) is 0 Å². The van der Waals surface area contributed by atoms with Crippen LogP contribution >= 0.6 is 27.5 Å². The molecule has 0 aliphatic heterocycles. The van der Waals surface area contributed by atoms with Gasteiger partial charge in [0.25, 0.3) is 0 Å². The summed E-state index contributed by atoms with van der Waals surface area (Å²) in [6.45, 7) is 7.44. The Hall–Kier alpha value is -1.20. The topological polar surface area (TPSA) is 40.5 Å². The minimum Gasteiger partial charge on any atom is -0.496 e. The van der Waals surface area contributed by atoms with Crippen LogP contribution in [0, 0.1) is 6.92 Å². The van der Waals surface area contributed by atoms with E-state index in [1.807, 2.05) is 33.8 Å². The normalized spacial score (nSPS) is 11.8. The Balaban J connectivity index is 2.72. The molecule has 1 heterocycles. The third-order valence-electron chi connectivity index (χ3n) is 3.22. The van der Waals surface area contributed by atoms with Crippen LogP contribution in [-0.2, 0) is 10.6 Å². The van der Waals surface area contributed by atoms with Crippen molar-refractivity contribution < 1.29 is 14.3 Å². The van der Waals surface area contributed by atoms with Crippen molar-refractivity contribution in [3.63, 3.8) is 0 Å². The van der Waals surface area contributed by atoms with E-state index in [1.165, 1.54) is 4.57 Å². The van der Waals surface area contributed by atoms with Crippen LogP contribution in [0.2, 0.25) is 0 Å². The Bertz CT molecular complexity index is 731. The number of hydrogen-bond donors (Lipinski definition) is 0. The number of ether oxygens (including phenoxy) is 2. The summed E-state index contributed by atoms with van der Waals surface area (Å²) in [6.07, 6.45) is 1.29. The van der Waals surface area contributed by atoms with Crippen molar-refractivity contribution in [1.29, 1.82) is 0 Å². The summed E-state index contributed by atoms with van der Waals surface area (Å²) < 4.78 is 13.2. The van der Waals surface area contributed by atoms with Crippen LogP contribution in [0.25, 0.3) is 10.9 Å². The molecule has 0 bridgehead atoms. The molecule has 0 amide bonds. The van der Waals surface area contributed by atoms with Crippen molar-refractivity contribution in [1.82, 2.24) is 4.57 Å². The lowest BCUT2D eigenvalue weighted by atomic mass is 10.1. The average Bonchev–Trinajstić information content (AvgIpc) is 2.75. The van der Waals surface area contributed by atoms with E-state index in [1.54, 1.807) is 13.3 Å². The number of carbonyl (C=O) groups is 1. The van der Waals surface area contributed by atoms with Gasteiger partial charge in [-0.05, 0) is 55.3 Å². The third kappa shape index (κ3) is 3.10. The van der Waals surface area contributed by atoms with Gasteiger partial charge < -0.3 is 9.47 Å². The summed E-state index contributed by atoms with van der Waals surface area (Å²) in [5, 5.41) is 0.873. The first-order valence-corrected chi connectivity index (χ1v) is 8.18. The zero-order chi connectivity index (χ0) is 16.7. The second-order valence-electron chi connectivity index (χ2n) is 6.06. The number of hydrogen-bond acceptors (Lipinski definition) is 3. The predicted molar refractivity (Wildman–Crippen MR) is 92.1 cm³/mol. The van der Waals surface area contributed by atoms with Gasteiger partial charge >= 0.3 is 6.09 Å². The molecule has 0 aliphatic carbocycles. The first kappa shape index (κ1) is 17.2. The van der Waals surface area contributed by atoms with Gasteiger partial charge in [0.2, 0.25) is 0 Å². The number of fused-ring (bicyclic) bond motifs is 1. The fraction of sp³-hybridized carbons (Fsp3) is 0.438. The van der Waals surface area contributed by atoms with E-state index in [-0.39, 0.29) is 5.88 Å². The third-order valence-corrected chi connectivity index (χ3v) is 4.09. The fourth-order valence-corrected chi connectivity index (χ4v) is 3.29. The molecule has 0 atom stereocenters. The minimum atomic E-state index is -0.560. The molecule has 0 N–H and O–H groups in total. The average molecular weight is 389 g/mol. The Morgan fingerprint density at radius 3 is 2.55 bits per heavy atom. The van der Waals surface area contributed by atoms with Crippen LogP contribution in [0.5, 0.6) is 5.75 Å². The summed E-state index contributed by atoms with van der Waals surface area (Å²) in [7, 11) is 1.61. The summed E-state index contributed by atoms with van der Waals surface area (Å²) in [5.74, 6) is 0.999. The van der Waals surface area contributed by atoms with E-state index < -0.39 is 11.7 Å². The highest BCUT2D eigenvalue weighted by Gasteiger charge is 2.23. The van der Waals surface area contributed by atoms with Gasteiger partial charge in [-0.15, -0.1) is 11.6 Å². The van der Waals surface area contributed by atoms with Gasteiger partial charge in [-0.2, -0.15) is 0 Å². The maximum atomic E-state index is 12.4.